The summed E-state index contributed by atoms with van der Waals surface area (Å²) in [7, 11) is 0. The molecule has 1 saturated heterocycles. The fourth-order valence-corrected chi connectivity index (χ4v) is 1.90. The molecular weight excluding hydrogens is 238 g/mol. The van der Waals surface area contributed by atoms with Crippen LogP contribution in [0.15, 0.2) is 12.4 Å². The topological polar surface area (TPSA) is 93.5 Å². The molecule has 0 spiro atoms. The largest absolute Gasteiger partial charge is 0.480 e. The van der Waals surface area contributed by atoms with Crippen LogP contribution in [-0.2, 0) is 20.9 Å². The van der Waals surface area contributed by atoms with Gasteiger partial charge >= 0.3 is 5.97 Å². The summed E-state index contributed by atoms with van der Waals surface area (Å²) in [5.74, 6) is -1.00. The maximum Gasteiger partial charge on any atom is 0.325 e. The first-order valence-electron chi connectivity index (χ1n) is 5.73. The molecule has 18 heavy (non-hydrogen) atoms. The lowest BCUT2D eigenvalue weighted by Gasteiger charge is -2.13. The number of anilines is 1. The van der Waals surface area contributed by atoms with Crippen LogP contribution in [-0.4, -0.2) is 39.5 Å². The molecule has 7 heteroatoms. The maximum absolute atomic E-state index is 11.9. The average Bonchev–Trinajstić information content (AvgIpc) is 2.87. The Bertz CT molecular complexity index is 457. The highest BCUT2D eigenvalue weighted by atomic mass is 16.5. The van der Waals surface area contributed by atoms with Gasteiger partial charge in [-0.3, -0.25) is 14.3 Å². The van der Waals surface area contributed by atoms with Crippen molar-refractivity contribution in [3.63, 3.8) is 0 Å². The third-order valence-electron chi connectivity index (χ3n) is 2.84. The molecule has 7 nitrogen and oxygen atoms in total. The Hall–Kier alpha value is -1.89. The van der Waals surface area contributed by atoms with Crippen LogP contribution in [0.2, 0.25) is 0 Å². The lowest BCUT2D eigenvalue weighted by molar-refractivity contribution is -0.137. The fourth-order valence-electron chi connectivity index (χ4n) is 1.90. The molecule has 0 radical (unpaired) electrons. The van der Waals surface area contributed by atoms with Gasteiger partial charge in [-0.2, -0.15) is 5.10 Å². The number of carboxylic acid groups (broad SMARTS) is 1. The summed E-state index contributed by atoms with van der Waals surface area (Å²) >= 11 is 0. The first-order valence-corrected chi connectivity index (χ1v) is 5.73. The molecule has 1 aliphatic rings. The number of carbonyl (C=O) groups excluding carboxylic acids is 1. The lowest BCUT2D eigenvalue weighted by atomic mass is 10.0. The van der Waals surface area contributed by atoms with Gasteiger partial charge in [0.2, 0.25) is 0 Å². The van der Waals surface area contributed by atoms with Gasteiger partial charge in [0.1, 0.15) is 12.6 Å². The van der Waals surface area contributed by atoms with Crippen molar-refractivity contribution < 1.29 is 19.4 Å². The van der Waals surface area contributed by atoms with Gasteiger partial charge in [-0.15, -0.1) is 0 Å². The molecule has 0 saturated carbocycles. The van der Waals surface area contributed by atoms with Gasteiger partial charge in [-0.1, -0.05) is 6.92 Å². The van der Waals surface area contributed by atoms with Gasteiger partial charge in [-0.05, 0) is 12.3 Å². The zero-order valence-corrected chi connectivity index (χ0v) is 10.00. The molecule has 1 amide bonds. The molecule has 1 aromatic rings. The number of hydrogen-bond donors (Lipinski definition) is 2. The van der Waals surface area contributed by atoms with Gasteiger partial charge in [0, 0.05) is 12.8 Å². The van der Waals surface area contributed by atoms with Crippen molar-refractivity contribution in [3.8, 4) is 0 Å². The quantitative estimate of drug-likeness (QED) is 0.806. The number of carbonyl (C=O) groups is 2. The van der Waals surface area contributed by atoms with Crippen LogP contribution in [0.4, 0.5) is 5.69 Å². The van der Waals surface area contributed by atoms with E-state index in [9.17, 15) is 9.59 Å². The SMILES string of the molecule is CC1CCOC1C(=O)Nc1cnn(CC(=O)O)c1. The molecule has 0 bridgehead atoms. The van der Waals surface area contributed by atoms with E-state index in [0.29, 0.717) is 12.3 Å². The molecule has 1 aromatic heterocycles. The van der Waals surface area contributed by atoms with Crippen molar-refractivity contribution >= 4 is 17.6 Å². The Balaban J connectivity index is 1.94. The van der Waals surface area contributed by atoms with Gasteiger partial charge in [0.05, 0.1) is 11.9 Å². The molecule has 2 N–H and O–H groups in total. The van der Waals surface area contributed by atoms with E-state index < -0.39 is 12.1 Å². The van der Waals surface area contributed by atoms with Gasteiger partial charge in [0.25, 0.3) is 5.91 Å². The number of ether oxygens (including phenoxy) is 1. The molecule has 2 atom stereocenters. The fraction of sp³-hybridized carbons (Fsp3) is 0.545. The van der Waals surface area contributed by atoms with Crippen LogP contribution in [0.3, 0.4) is 0 Å². The number of nitrogens with one attached hydrogen (secondary N) is 1. The van der Waals surface area contributed by atoms with E-state index in [1.807, 2.05) is 6.92 Å². The number of carboxylic acids is 1. The Kier molecular flexibility index (Phi) is 3.61. The van der Waals surface area contributed by atoms with Gasteiger partial charge in [-0.25, -0.2) is 0 Å². The number of aliphatic carboxylic acids is 1. The summed E-state index contributed by atoms with van der Waals surface area (Å²) in [6.45, 7) is 2.33. The highest BCUT2D eigenvalue weighted by molar-refractivity contribution is 5.94. The van der Waals surface area contributed by atoms with E-state index in [2.05, 4.69) is 10.4 Å². The predicted octanol–water partition coefficient (Wildman–Crippen LogP) is 0.331. The number of nitrogens with zero attached hydrogens (tertiary/aromatic N) is 2. The number of rotatable bonds is 4. The maximum atomic E-state index is 11.9. The van der Waals surface area contributed by atoms with Crippen molar-refractivity contribution in [1.29, 1.82) is 0 Å². The van der Waals surface area contributed by atoms with E-state index in [0.717, 1.165) is 6.42 Å². The molecule has 1 fully saturated rings. The lowest BCUT2D eigenvalue weighted by Crippen LogP contribution is -2.31. The number of hydrogen-bond acceptors (Lipinski definition) is 4. The molecular formula is C11H15N3O4. The van der Waals surface area contributed by atoms with E-state index in [-0.39, 0.29) is 18.4 Å². The highest BCUT2D eigenvalue weighted by Crippen LogP contribution is 2.21. The monoisotopic (exact) mass is 253 g/mol. The summed E-state index contributed by atoms with van der Waals surface area (Å²) < 4.78 is 6.58. The third-order valence-corrected chi connectivity index (χ3v) is 2.84. The summed E-state index contributed by atoms with van der Waals surface area (Å²) in [5.41, 5.74) is 0.476. The molecule has 2 rings (SSSR count). The van der Waals surface area contributed by atoms with Gasteiger partial charge < -0.3 is 15.2 Å². The zero-order chi connectivity index (χ0) is 13.1. The van der Waals surface area contributed by atoms with E-state index in [1.54, 1.807) is 0 Å². The zero-order valence-electron chi connectivity index (χ0n) is 10.00. The summed E-state index contributed by atoms with van der Waals surface area (Å²) in [6, 6.07) is 0. The third kappa shape index (κ3) is 2.86. The minimum absolute atomic E-state index is 0.194. The van der Waals surface area contributed by atoms with Crippen molar-refractivity contribution in [1.82, 2.24) is 9.78 Å². The molecule has 0 aromatic carbocycles. The van der Waals surface area contributed by atoms with Crippen LogP contribution in [0.5, 0.6) is 0 Å². The van der Waals surface area contributed by atoms with E-state index in [4.69, 9.17) is 9.84 Å². The standard InChI is InChI=1S/C11H15N3O4/c1-7-2-3-18-10(7)11(17)13-8-4-12-14(5-8)6-9(15)16/h4-5,7,10H,2-3,6H2,1H3,(H,13,17)(H,15,16). The number of amides is 1. The minimum atomic E-state index is -0.983. The van der Waals surface area contributed by atoms with Crippen molar-refractivity contribution in [2.45, 2.75) is 26.0 Å². The Morgan fingerprint density at radius 3 is 3.06 bits per heavy atom. The van der Waals surface area contributed by atoms with Crippen LogP contribution in [0, 0.1) is 5.92 Å². The first kappa shape index (κ1) is 12.6. The summed E-state index contributed by atoms with van der Waals surface area (Å²) in [4.78, 5) is 22.4. The van der Waals surface area contributed by atoms with Crippen molar-refractivity contribution in [3.05, 3.63) is 12.4 Å². The van der Waals surface area contributed by atoms with Crippen LogP contribution < -0.4 is 5.32 Å². The van der Waals surface area contributed by atoms with Crippen LogP contribution in [0.25, 0.3) is 0 Å². The van der Waals surface area contributed by atoms with Crippen LogP contribution in [0.1, 0.15) is 13.3 Å². The second kappa shape index (κ2) is 5.18. The smallest absolute Gasteiger partial charge is 0.325 e. The van der Waals surface area contributed by atoms with Crippen molar-refractivity contribution in [2.75, 3.05) is 11.9 Å². The summed E-state index contributed by atoms with van der Waals surface area (Å²) in [6.07, 6.45) is 3.33. The second-order valence-corrected chi connectivity index (χ2v) is 4.37. The predicted molar refractivity (Wildman–Crippen MR) is 62.0 cm³/mol. The summed E-state index contributed by atoms with van der Waals surface area (Å²) in [5, 5.41) is 15.1. The van der Waals surface area contributed by atoms with Crippen molar-refractivity contribution in [2.24, 2.45) is 5.92 Å². The highest BCUT2D eigenvalue weighted by Gasteiger charge is 2.30. The second-order valence-electron chi connectivity index (χ2n) is 4.37. The minimum Gasteiger partial charge on any atom is -0.480 e. The Morgan fingerprint density at radius 2 is 2.44 bits per heavy atom. The van der Waals surface area contributed by atoms with E-state index in [1.165, 1.54) is 17.1 Å². The normalized spacial score (nSPS) is 22.9. The average molecular weight is 253 g/mol. The number of aromatic nitrogens is 2. The molecule has 2 unspecified atom stereocenters. The Labute approximate surface area is 104 Å². The van der Waals surface area contributed by atoms with E-state index >= 15 is 0 Å². The molecule has 0 aliphatic carbocycles. The van der Waals surface area contributed by atoms with Crippen LogP contribution >= 0.6 is 0 Å². The Morgan fingerprint density at radius 1 is 1.67 bits per heavy atom. The first-order chi connectivity index (χ1) is 8.56. The molecule has 1 aliphatic heterocycles. The van der Waals surface area contributed by atoms with Gasteiger partial charge in [0.15, 0.2) is 0 Å². The molecule has 98 valence electrons. The molecule has 2 heterocycles.